The van der Waals surface area contributed by atoms with E-state index in [9.17, 15) is 9.59 Å². The van der Waals surface area contributed by atoms with E-state index in [-0.39, 0.29) is 5.75 Å². The summed E-state index contributed by atoms with van der Waals surface area (Å²) in [5.74, 6) is -1.78. The van der Waals surface area contributed by atoms with Crippen LogP contribution in [0.15, 0.2) is 0 Å². The van der Waals surface area contributed by atoms with E-state index in [4.69, 9.17) is 15.9 Å². The van der Waals surface area contributed by atoms with Gasteiger partial charge in [0.1, 0.15) is 6.04 Å². The van der Waals surface area contributed by atoms with E-state index in [0.717, 1.165) is 0 Å². The van der Waals surface area contributed by atoms with Gasteiger partial charge in [0.15, 0.2) is 0 Å². The molecule has 0 rings (SSSR count). The van der Waals surface area contributed by atoms with Crippen molar-refractivity contribution in [2.75, 3.05) is 11.5 Å². The lowest BCUT2D eigenvalue weighted by molar-refractivity contribution is -0.140. The highest BCUT2D eigenvalue weighted by atomic mass is 32.2. The molecule has 0 amide bonds. The molecule has 0 aromatic rings. The van der Waals surface area contributed by atoms with Gasteiger partial charge in [-0.05, 0) is 0 Å². The Kier molecular flexibility index (Phi) is 5.48. The molecular weight excluding hydrogens is 194 g/mol. The predicted molar refractivity (Wildman–Crippen MR) is 49.7 cm³/mol. The molecule has 0 aliphatic rings. The molecule has 0 fully saturated rings. The molecule has 0 heterocycles. The normalized spacial score (nSPS) is 14.9. The van der Waals surface area contributed by atoms with Crippen molar-refractivity contribution in [2.24, 2.45) is 11.7 Å². The second-order valence-corrected chi connectivity index (χ2v) is 3.80. The fourth-order valence-electron chi connectivity index (χ4n) is 0.514. The number of hydrogen-bond donors (Lipinski definition) is 3. The van der Waals surface area contributed by atoms with Crippen LogP contribution in [0.5, 0.6) is 0 Å². The number of carbonyl (C=O) groups is 2. The van der Waals surface area contributed by atoms with E-state index < -0.39 is 23.9 Å². The fraction of sp³-hybridized carbons (Fsp3) is 0.714. The van der Waals surface area contributed by atoms with Crippen LogP contribution >= 0.6 is 11.8 Å². The van der Waals surface area contributed by atoms with Gasteiger partial charge in [0.2, 0.25) is 0 Å². The molecule has 0 aromatic carbocycles. The Balaban J connectivity index is 3.56. The van der Waals surface area contributed by atoms with Gasteiger partial charge >= 0.3 is 11.9 Å². The van der Waals surface area contributed by atoms with E-state index in [1.807, 2.05) is 0 Å². The third-order valence-electron chi connectivity index (χ3n) is 1.40. The van der Waals surface area contributed by atoms with Crippen LogP contribution in [0.25, 0.3) is 0 Å². The first kappa shape index (κ1) is 12.2. The van der Waals surface area contributed by atoms with Crippen LogP contribution < -0.4 is 5.73 Å². The van der Waals surface area contributed by atoms with Crippen LogP contribution in [0.1, 0.15) is 6.92 Å². The van der Waals surface area contributed by atoms with Gasteiger partial charge in [0.25, 0.3) is 0 Å². The van der Waals surface area contributed by atoms with Gasteiger partial charge in [0.05, 0.1) is 5.92 Å². The van der Waals surface area contributed by atoms with Crippen molar-refractivity contribution in [1.29, 1.82) is 0 Å². The fourth-order valence-corrected chi connectivity index (χ4v) is 1.54. The molecule has 0 spiro atoms. The maximum atomic E-state index is 10.3. The quantitative estimate of drug-likeness (QED) is 0.560. The van der Waals surface area contributed by atoms with E-state index in [0.29, 0.717) is 5.75 Å². The predicted octanol–water partition coefficient (Wildman–Crippen LogP) is -0.148. The summed E-state index contributed by atoms with van der Waals surface area (Å²) in [6.45, 7) is 1.57. The summed E-state index contributed by atoms with van der Waals surface area (Å²) in [5.41, 5.74) is 5.21. The molecular formula is C7H13NO4S. The van der Waals surface area contributed by atoms with Crippen molar-refractivity contribution in [3.05, 3.63) is 0 Å². The highest BCUT2D eigenvalue weighted by Gasteiger charge is 2.14. The summed E-state index contributed by atoms with van der Waals surface area (Å²) in [6.07, 6.45) is 0. The maximum Gasteiger partial charge on any atom is 0.321 e. The van der Waals surface area contributed by atoms with Gasteiger partial charge in [-0.2, -0.15) is 11.8 Å². The summed E-state index contributed by atoms with van der Waals surface area (Å²) in [5, 5.41) is 16.9. The van der Waals surface area contributed by atoms with Gasteiger partial charge in [-0.15, -0.1) is 0 Å². The zero-order chi connectivity index (χ0) is 10.4. The third kappa shape index (κ3) is 5.48. The molecule has 13 heavy (non-hydrogen) atoms. The molecule has 0 saturated heterocycles. The Morgan fingerprint density at radius 1 is 1.31 bits per heavy atom. The summed E-state index contributed by atoms with van der Waals surface area (Å²) < 4.78 is 0. The number of nitrogens with two attached hydrogens (primary N) is 1. The van der Waals surface area contributed by atoms with Crippen LogP contribution in [0.2, 0.25) is 0 Å². The highest BCUT2D eigenvalue weighted by molar-refractivity contribution is 7.99. The van der Waals surface area contributed by atoms with Gasteiger partial charge in [-0.3, -0.25) is 9.59 Å². The van der Waals surface area contributed by atoms with Crippen molar-refractivity contribution in [3.8, 4) is 0 Å². The van der Waals surface area contributed by atoms with Crippen molar-refractivity contribution in [3.63, 3.8) is 0 Å². The lowest BCUT2D eigenvalue weighted by Crippen LogP contribution is -2.32. The average molecular weight is 207 g/mol. The van der Waals surface area contributed by atoms with Crippen molar-refractivity contribution < 1.29 is 19.8 Å². The minimum Gasteiger partial charge on any atom is -0.481 e. The Bertz CT molecular complexity index is 177. The topological polar surface area (TPSA) is 101 Å². The van der Waals surface area contributed by atoms with Crippen LogP contribution in [0.4, 0.5) is 0 Å². The Morgan fingerprint density at radius 2 is 1.85 bits per heavy atom. The van der Waals surface area contributed by atoms with E-state index in [2.05, 4.69) is 0 Å². The van der Waals surface area contributed by atoms with Crippen LogP contribution in [0, 0.1) is 5.92 Å². The van der Waals surface area contributed by atoms with Crippen LogP contribution in [-0.4, -0.2) is 39.7 Å². The highest BCUT2D eigenvalue weighted by Crippen LogP contribution is 2.09. The molecule has 2 unspecified atom stereocenters. The monoisotopic (exact) mass is 207 g/mol. The molecule has 0 radical (unpaired) electrons. The first-order chi connectivity index (χ1) is 5.95. The number of carboxylic acid groups (broad SMARTS) is 2. The van der Waals surface area contributed by atoms with E-state index in [1.54, 1.807) is 6.92 Å². The Morgan fingerprint density at radius 3 is 2.23 bits per heavy atom. The zero-order valence-corrected chi connectivity index (χ0v) is 8.08. The Labute approximate surface area is 80.3 Å². The molecule has 5 nitrogen and oxygen atoms in total. The van der Waals surface area contributed by atoms with E-state index in [1.165, 1.54) is 11.8 Å². The molecule has 0 aliphatic heterocycles. The standard InChI is InChI=1S/C7H13NO4S/c1-4(6(9)10)2-13-3-5(8)7(11)12/h4-5H,2-3,8H2,1H3,(H,9,10)(H,11,12). The summed E-state index contributed by atoms with van der Waals surface area (Å²) in [6, 6.07) is -0.911. The van der Waals surface area contributed by atoms with Crippen molar-refractivity contribution in [2.45, 2.75) is 13.0 Å². The van der Waals surface area contributed by atoms with E-state index >= 15 is 0 Å². The first-order valence-corrected chi connectivity index (χ1v) is 4.89. The molecule has 0 bridgehead atoms. The lowest BCUT2D eigenvalue weighted by Gasteiger charge is -2.07. The number of hydrogen-bond acceptors (Lipinski definition) is 4. The van der Waals surface area contributed by atoms with Gasteiger partial charge in [-0.1, -0.05) is 6.92 Å². The van der Waals surface area contributed by atoms with Crippen LogP contribution in [-0.2, 0) is 9.59 Å². The number of aliphatic carboxylic acids is 2. The largest absolute Gasteiger partial charge is 0.481 e. The molecule has 2 atom stereocenters. The summed E-state index contributed by atoms with van der Waals surface area (Å²) >= 11 is 1.24. The third-order valence-corrected chi connectivity index (χ3v) is 2.73. The lowest BCUT2D eigenvalue weighted by atomic mass is 10.2. The molecule has 0 aliphatic carbocycles. The smallest absolute Gasteiger partial charge is 0.321 e. The average Bonchev–Trinajstić information content (AvgIpc) is 2.03. The summed E-state index contributed by atoms with van der Waals surface area (Å²) in [4.78, 5) is 20.6. The number of thioether (sulfide) groups is 1. The van der Waals surface area contributed by atoms with Crippen molar-refractivity contribution >= 4 is 23.7 Å². The molecule has 76 valence electrons. The number of rotatable bonds is 6. The van der Waals surface area contributed by atoms with Gasteiger partial charge in [0, 0.05) is 11.5 Å². The zero-order valence-electron chi connectivity index (χ0n) is 7.27. The van der Waals surface area contributed by atoms with Crippen molar-refractivity contribution in [1.82, 2.24) is 0 Å². The maximum absolute atomic E-state index is 10.3. The minimum atomic E-state index is -1.06. The second-order valence-electron chi connectivity index (χ2n) is 2.72. The molecule has 4 N–H and O–H groups in total. The molecule has 0 aromatic heterocycles. The number of carboxylic acids is 2. The van der Waals surface area contributed by atoms with Crippen LogP contribution in [0.3, 0.4) is 0 Å². The van der Waals surface area contributed by atoms with Gasteiger partial charge < -0.3 is 15.9 Å². The SMILES string of the molecule is CC(CSCC(N)C(=O)O)C(=O)O. The first-order valence-electron chi connectivity index (χ1n) is 3.74. The Hall–Kier alpha value is -0.750. The molecule has 6 heteroatoms. The second kappa shape index (κ2) is 5.82. The minimum absolute atomic E-state index is 0.243. The molecule has 0 saturated carbocycles. The van der Waals surface area contributed by atoms with Gasteiger partial charge in [-0.25, -0.2) is 0 Å². The summed E-state index contributed by atoms with van der Waals surface area (Å²) in [7, 11) is 0.